The number of rotatable bonds is 7. The molecule has 1 heterocycles. The zero-order chi connectivity index (χ0) is 44.4. The minimum atomic E-state index is 0.128. The van der Waals surface area contributed by atoms with Crippen LogP contribution in [-0.4, -0.2) is 4.57 Å². The molecule has 0 N–H and O–H groups in total. The van der Waals surface area contributed by atoms with E-state index in [4.69, 9.17) is 0 Å². The van der Waals surface area contributed by atoms with Crippen molar-refractivity contribution in [3.63, 3.8) is 0 Å². The predicted octanol–water partition coefficient (Wildman–Crippen LogP) is 17.3. The van der Waals surface area contributed by atoms with E-state index >= 15 is 0 Å². The Kier molecular flexibility index (Phi) is 9.25. The number of para-hydroxylation sites is 3. The Morgan fingerprint density at radius 3 is 1.52 bits per heavy atom. The van der Waals surface area contributed by atoms with Crippen molar-refractivity contribution in [1.29, 1.82) is 0 Å². The van der Waals surface area contributed by atoms with E-state index in [1.807, 2.05) is 0 Å². The summed E-state index contributed by atoms with van der Waals surface area (Å²) in [5.74, 6) is 0.257. The zero-order valence-electron chi connectivity index (χ0n) is 37.2. The van der Waals surface area contributed by atoms with Crippen LogP contribution in [0.2, 0.25) is 0 Å². The highest BCUT2D eigenvalue weighted by Crippen LogP contribution is 2.55. The third-order valence-corrected chi connectivity index (χ3v) is 14.2. The molecule has 13 rings (SSSR count). The van der Waals surface area contributed by atoms with Gasteiger partial charge in [0.05, 0.1) is 16.7 Å². The second kappa shape index (κ2) is 15.9. The molecule has 10 aromatic carbocycles. The largest absolute Gasteiger partial charge is 0.309 e. The van der Waals surface area contributed by atoms with Gasteiger partial charge in [0.2, 0.25) is 0 Å². The smallest absolute Gasteiger partial charge is 0.0618 e. The van der Waals surface area contributed by atoms with Crippen molar-refractivity contribution in [1.82, 2.24) is 4.57 Å². The summed E-state index contributed by atoms with van der Waals surface area (Å²) < 4.78 is 2.40. The van der Waals surface area contributed by atoms with Crippen LogP contribution in [0.3, 0.4) is 0 Å². The zero-order valence-corrected chi connectivity index (χ0v) is 37.2. The topological polar surface area (TPSA) is 8.17 Å². The lowest BCUT2D eigenvalue weighted by atomic mass is 9.64. The van der Waals surface area contributed by atoms with Crippen molar-refractivity contribution in [2.75, 3.05) is 4.90 Å². The molecule has 2 atom stereocenters. The molecule has 2 heteroatoms. The van der Waals surface area contributed by atoms with Gasteiger partial charge in [-0.3, -0.25) is 0 Å². The van der Waals surface area contributed by atoms with Crippen LogP contribution in [0, 0.1) is 5.92 Å². The molecule has 0 amide bonds. The quantitative estimate of drug-likeness (QED) is 0.145. The molecule has 2 nitrogen and oxygen atoms in total. The highest BCUT2D eigenvalue weighted by Gasteiger charge is 2.38. The predicted molar refractivity (Wildman–Crippen MR) is 283 cm³/mol. The van der Waals surface area contributed by atoms with Crippen molar-refractivity contribution in [2.45, 2.75) is 12.8 Å². The minimum absolute atomic E-state index is 0.128. The normalized spacial score (nSPS) is 15.5. The van der Waals surface area contributed by atoms with Gasteiger partial charge in [-0.1, -0.05) is 206 Å². The van der Waals surface area contributed by atoms with E-state index < -0.39 is 0 Å². The molecule has 2 unspecified atom stereocenters. The van der Waals surface area contributed by atoms with Crippen LogP contribution < -0.4 is 4.90 Å². The summed E-state index contributed by atoms with van der Waals surface area (Å²) in [6.07, 6.45) is 7.29. The van der Waals surface area contributed by atoms with Gasteiger partial charge in [-0.05, 0) is 111 Å². The molecule has 67 heavy (non-hydrogen) atoms. The summed E-state index contributed by atoms with van der Waals surface area (Å²) in [6.45, 7) is 2.24. The SMILES string of the molecule is CC1=CC2=C(c3c4ccccc4c(N(c4ccccc4)c4ccc(-n5c6ccccc6c6ccccc65)cc4)c4ccccc34)c3ccccc3C(c3ccccc3-c3ccccc3)C2C=C1. The summed E-state index contributed by atoms with van der Waals surface area (Å²) in [5, 5.41) is 7.40. The number of allylic oxidation sites excluding steroid dienone is 5. The average molecular weight is 855 g/mol. The Hall–Kier alpha value is -8.46. The van der Waals surface area contributed by atoms with E-state index in [0.717, 1.165) is 17.1 Å². The first kappa shape index (κ1) is 39.0. The minimum Gasteiger partial charge on any atom is -0.309 e. The van der Waals surface area contributed by atoms with Gasteiger partial charge in [0.15, 0.2) is 0 Å². The average Bonchev–Trinajstić information content (AvgIpc) is 3.73. The monoisotopic (exact) mass is 854 g/mol. The number of fused-ring (bicyclic) bond motifs is 7. The first-order chi connectivity index (χ1) is 33.2. The van der Waals surface area contributed by atoms with Crippen molar-refractivity contribution in [3.05, 3.63) is 282 Å². The summed E-state index contributed by atoms with van der Waals surface area (Å²) in [4.78, 5) is 2.48. The molecular weight excluding hydrogens is 809 g/mol. The second-order valence-electron chi connectivity index (χ2n) is 18.0. The van der Waals surface area contributed by atoms with Gasteiger partial charge in [0.1, 0.15) is 0 Å². The third kappa shape index (κ3) is 6.25. The maximum absolute atomic E-state index is 2.48. The van der Waals surface area contributed by atoms with Gasteiger partial charge in [0, 0.05) is 50.4 Å². The number of anilines is 3. The number of hydrogen-bond donors (Lipinski definition) is 0. The number of hydrogen-bond acceptors (Lipinski definition) is 1. The molecule has 1 aromatic heterocycles. The summed E-state index contributed by atoms with van der Waals surface area (Å²) >= 11 is 0. The number of aromatic nitrogens is 1. The van der Waals surface area contributed by atoms with E-state index in [1.54, 1.807) is 0 Å². The Morgan fingerprint density at radius 2 is 0.896 bits per heavy atom. The molecule has 2 aliphatic carbocycles. The van der Waals surface area contributed by atoms with Gasteiger partial charge in [-0.15, -0.1) is 0 Å². The standard InChI is InChI=1S/C65H46N2/c1-43-36-41-56-59(42-43)64(53-29-11-10-28-52(53)62(56)51-27-9-8-24-48(51)44-20-4-2-5-21-44)63-54-30-12-14-32-57(54)65(58-33-15-13-31-55(58)63)66(45-22-6-3-7-23-45)46-37-39-47(40-38-46)67-60-34-18-16-25-49(60)50-26-17-19-35-61(50)67/h2-42,56,62H,1H3. The van der Waals surface area contributed by atoms with Crippen LogP contribution in [0.1, 0.15) is 35.1 Å². The van der Waals surface area contributed by atoms with Crippen LogP contribution in [0.15, 0.2) is 260 Å². The van der Waals surface area contributed by atoms with Crippen LogP contribution in [0.5, 0.6) is 0 Å². The Labute approximate surface area is 391 Å². The maximum atomic E-state index is 2.48. The molecule has 0 fully saturated rings. The van der Waals surface area contributed by atoms with Crippen molar-refractivity contribution in [3.8, 4) is 16.8 Å². The van der Waals surface area contributed by atoms with Gasteiger partial charge in [-0.25, -0.2) is 0 Å². The Balaban J connectivity index is 1.05. The highest BCUT2D eigenvalue weighted by molar-refractivity contribution is 6.21. The molecule has 0 saturated heterocycles. The molecule has 0 radical (unpaired) electrons. The first-order valence-electron chi connectivity index (χ1n) is 23.4. The summed E-state index contributed by atoms with van der Waals surface area (Å²) in [7, 11) is 0. The number of benzene rings is 10. The van der Waals surface area contributed by atoms with E-state index in [-0.39, 0.29) is 11.8 Å². The highest BCUT2D eigenvalue weighted by atomic mass is 15.1. The molecule has 2 aliphatic rings. The van der Waals surface area contributed by atoms with Crippen molar-refractivity contribution < 1.29 is 0 Å². The van der Waals surface area contributed by atoms with E-state index in [2.05, 4.69) is 265 Å². The Morgan fingerprint density at radius 1 is 0.418 bits per heavy atom. The summed E-state index contributed by atoms with van der Waals surface area (Å²) in [6, 6.07) is 84.9. The molecular formula is C65H46N2. The van der Waals surface area contributed by atoms with Crippen molar-refractivity contribution >= 4 is 66.0 Å². The van der Waals surface area contributed by atoms with E-state index in [9.17, 15) is 0 Å². The van der Waals surface area contributed by atoms with E-state index in [1.165, 1.54) is 99.1 Å². The fraction of sp³-hybridized carbons (Fsp3) is 0.0462. The lowest BCUT2D eigenvalue weighted by Crippen LogP contribution is -2.24. The van der Waals surface area contributed by atoms with Crippen LogP contribution >= 0.6 is 0 Å². The fourth-order valence-corrected chi connectivity index (χ4v) is 11.5. The molecule has 0 bridgehead atoms. The van der Waals surface area contributed by atoms with Gasteiger partial charge in [-0.2, -0.15) is 0 Å². The molecule has 0 spiro atoms. The molecule has 0 saturated carbocycles. The molecule has 0 aliphatic heterocycles. The second-order valence-corrected chi connectivity index (χ2v) is 18.0. The van der Waals surface area contributed by atoms with Gasteiger partial charge < -0.3 is 9.47 Å². The maximum Gasteiger partial charge on any atom is 0.0618 e. The summed E-state index contributed by atoms with van der Waals surface area (Å²) in [5.41, 5.74) is 18.7. The number of nitrogens with zero attached hydrogens (tertiary/aromatic N) is 2. The van der Waals surface area contributed by atoms with Crippen LogP contribution in [-0.2, 0) is 0 Å². The van der Waals surface area contributed by atoms with Gasteiger partial charge in [0.25, 0.3) is 0 Å². The fourth-order valence-electron chi connectivity index (χ4n) is 11.5. The first-order valence-corrected chi connectivity index (χ1v) is 23.4. The van der Waals surface area contributed by atoms with Crippen LogP contribution in [0.4, 0.5) is 17.1 Å². The molecule has 11 aromatic rings. The Bertz CT molecular complexity index is 3700. The third-order valence-electron chi connectivity index (χ3n) is 14.2. The van der Waals surface area contributed by atoms with E-state index in [0.29, 0.717) is 0 Å². The lowest BCUT2D eigenvalue weighted by molar-refractivity contribution is 0.648. The van der Waals surface area contributed by atoms with Crippen LogP contribution in [0.25, 0.3) is 65.7 Å². The van der Waals surface area contributed by atoms with Crippen molar-refractivity contribution in [2.24, 2.45) is 5.92 Å². The lowest BCUT2D eigenvalue weighted by Gasteiger charge is -2.39. The molecule has 316 valence electrons. The van der Waals surface area contributed by atoms with Gasteiger partial charge >= 0.3 is 0 Å².